The molecule has 1 amide bonds. The second kappa shape index (κ2) is 10.7. The molecule has 0 aliphatic carbocycles. The van der Waals surface area contributed by atoms with Gasteiger partial charge in [0.25, 0.3) is 0 Å². The number of sulfonamides is 1. The number of hydrogen-bond donors (Lipinski definition) is 2. The van der Waals surface area contributed by atoms with Gasteiger partial charge in [-0.1, -0.05) is 11.6 Å². The molecular weight excluding hydrogens is 380 g/mol. The molecule has 0 unspecified atom stereocenters. The van der Waals surface area contributed by atoms with E-state index in [0.717, 1.165) is 0 Å². The SMILES string of the molecule is CCOc1ccc(S(=O)(=O)N[C@H](C)C(=O)NCCCOC(C)C)cc1Cl. The third kappa shape index (κ3) is 7.49. The Kier molecular flexibility index (Phi) is 9.35. The molecule has 1 aromatic carbocycles. The van der Waals surface area contributed by atoms with Crippen LogP contribution in [0.3, 0.4) is 0 Å². The van der Waals surface area contributed by atoms with E-state index in [2.05, 4.69) is 10.0 Å². The van der Waals surface area contributed by atoms with Crippen LogP contribution in [0.1, 0.15) is 34.1 Å². The summed E-state index contributed by atoms with van der Waals surface area (Å²) in [5.41, 5.74) is 0. The van der Waals surface area contributed by atoms with Crippen molar-refractivity contribution >= 4 is 27.5 Å². The number of hydrogen-bond acceptors (Lipinski definition) is 5. The molecule has 2 N–H and O–H groups in total. The molecule has 0 aliphatic heterocycles. The average molecular weight is 407 g/mol. The van der Waals surface area contributed by atoms with Crippen molar-refractivity contribution in [3.05, 3.63) is 23.2 Å². The Hall–Kier alpha value is -1.35. The first kappa shape index (κ1) is 22.7. The number of nitrogens with one attached hydrogen (secondary N) is 2. The van der Waals surface area contributed by atoms with Crippen molar-refractivity contribution in [3.63, 3.8) is 0 Å². The second-order valence-electron chi connectivity index (χ2n) is 5.93. The fraction of sp³-hybridized carbons (Fsp3) is 0.588. The molecule has 1 atom stereocenters. The minimum atomic E-state index is -3.88. The quantitative estimate of drug-likeness (QED) is 0.550. The molecule has 7 nitrogen and oxygen atoms in total. The molecule has 0 bridgehead atoms. The van der Waals surface area contributed by atoms with Crippen LogP contribution in [0.25, 0.3) is 0 Å². The molecule has 148 valence electrons. The predicted octanol–water partition coefficient (Wildman–Crippen LogP) is 2.34. The van der Waals surface area contributed by atoms with Crippen molar-refractivity contribution in [2.24, 2.45) is 0 Å². The summed E-state index contributed by atoms with van der Waals surface area (Å²) >= 11 is 6.03. The molecule has 9 heteroatoms. The standard InChI is InChI=1S/C17H27ClN2O5S/c1-5-24-16-8-7-14(11-15(16)18)26(22,23)20-13(4)17(21)19-9-6-10-25-12(2)3/h7-8,11-13,20H,5-6,9-10H2,1-4H3,(H,19,21)/t13-/m1/s1. The van der Waals surface area contributed by atoms with Crippen LogP contribution in [0.15, 0.2) is 23.1 Å². The molecule has 0 fully saturated rings. The van der Waals surface area contributed by atoms with E-state index in [-0.39, 0.29) is 16.0 Å². The van der Waals surface area contributed by atoms with Crippen LogP contribution in [0.5, 0.6) is 5.75 Å². The fourth-order valence-electron chi connectivity index (χ4n) is 2.03. The van der Waals surface area contributed by atoms with E-state index in [1.165, 1.54) is 25.1 Å². The predicted molar refractivity (Wildman–Crippen MR) is 101 cm³/mol. The Morgan fingerprint density at radius 1 is 1.27 bits per heavy atom. The Balaban J connectivity index is 2.59. The monoisotopic (exact) mass is 406 g/mol. The fourth-order valence-corrected chi connectivity index (χ4v) is 3.56. The van der Waals surface area contributed by atoms with Gasteiger partial charge in [-0.2, -0.15) is 4.72 Å². The van der Waals surface area contributed by atoms with Crippen molar-refractivity contribution in [2.45, 2.75) is 51.2 Å². The zero-order valence-electron chi connectivity index (χ0n) is 15.5. The lowest BCUT2D eigenvalue weighted by atomic mass is 10.3. The van der Waals surface area contributed by atoms with Gasteiger partial charge < -0.3 is 14.8 Å². The smallest absolute Gasteiger partial charge is 0.241 e. The van der Waals surface area contributed by atoms with Crippen molar-refractivity contribution in [3.8, 4) is 5.75 Å². The van der Waals surface area contributed by atoms with Crippen LogP contribution in [-0.4, -0.2) is 46.2 Å². The van der Waals surface area contributed by atoms with E-state index in [9.17, 15) is 13.2 Å². The van der Waals surface area contributed by atoms with Gasteiger partial charge >= 0.3 is 0 Å². The van der Waals surface area contributed by atoms with E-state index in [1.54, 1.807) is 6.92 Å². The zero-order chi connectivity index (χ0) is 19.7. The van der Waals surface area contributed by atoms with Crippen LogP contribution < -0.4 is 14.8 Å². The second-order valence-corrected chi connectivity index (χ2v) is 8.05. The number of amides is 1. The Morgan fingerprint density at radius 3 is 2.54 bits per heavy atom. The van der Waals surface area contributed by atoms with Crippen LogP contribution >= 0.6 is 11.6 Å². The van der Waals surface area contributed by atoms with Gasteiger partial charge in [-0.15, -0.1) is 0 Å². The van der Waals surface area contributed by atoms with E-state index < -0.39 is 22.0 Å². The maximum absolute atomic E-state index is 12.4. The largest absolute Gasteiger partial charge is 0.492 e. The van der Waals surface area contributed by atoms with E-state index in [1.807, 2.05) is 13.8 Å². The first-order chi connectivity index (χ1) is 12.2. The number of benzene rings is 1. The van der Waals surface area contributed by atoms with E-state index in [0.29, 0.717) is 31.9 Å². The van der Waals surface area contributed by atoms with Crippen LogP contribution in [0, 0.1) is 0 Å². The van der Waals surface area contributed by atoms with Crippen molar-refractivity contribution in [2.75, 3.05) is 19.8 Å². The molecule has 0 saturated carbocycles. The minimum absolute atomic E-state index is 0.0315. The molecule has 0 heterocycles. The first-order valence-electron chi connectivity index (χ1n) is 8.51. The van der Waals surface area contributed by atoms with E-state index in [4.69, 9.17) is 21.1 Å². The molecule has 0 aromatic heterocycles. The Bertz CT molecular complexity index is 694. The molecule has 0 aliphatic rings. The third-order valence-corrected chi connectivity index (χ3v) is 5.14. The summed E-state index contributed by atoms with van der Waals surface area (Å²) in [6, 6.07) is 3.24. The van der Waals surface area contributed by atoms with Gasteiger partial charge in [0.1, 0.15) is 5.75 Å². The normalized spacial score (nSPS) is 12.8. The van der Waals surface area contributed by atoms with Gasteiger partial charge in [0.05, 0.1) is 28.7 Å². The molecule has 26 heavy (non-hydrogen) atoms. The first-order valence-corrected chi connectivity index (χ1v) is 10.4. The highest BCUT2D eigenvalue weighted by Crippen LogP contribution is 2.27. The lowest BCUT2D eigenvalue weighted by Gasteiger charge is -2.15. The number of carbonyl (C=O) groups excluding carboxylic acids is 1. The lowest BCUT2D eigenvalue weighted by molar-refractivity contribution is -0.122. The Morgan fingerprint density at radius 2 is 1.96 bits per heavy atom. The highest BCUT2D eigenvalue weighted by Gasteiger charge is 2.22. The van der Waals surface area contributed by atoms with Gasteiger partial charge in [0.15, 0.2) is 0 Å². The maximum Gasteiger partial charge on any atom is 0.241 e. The Labute approximate surface area is 160 Å². The zero-order valence-corrected chi connectivity index (χ0v) is 17.1. The molecule has 1 aromatic rings. The highest BCUT2D eigenvalue weighted by atomic mass is 35.5. The summed E-state index contributed by atoms with van der Waals surface area (Å²) in [4.78, 5) is 12.0. The molecule has 0 saturated heterocycles. The minimum Gasteiger partial charge on any atom is -0.492 e. The van der Waals surface area contributed by atoms with Crippen molar-refractivity contribution in [1.82, 2.24) is 10.0 Å². The van der Waals surface area contributed by atoms with Gasteiger partial charge in [0.2, 0.25) is 15.9 Å². The third-order valence-electron chi connectivity index (χ3n) is 3.31. The van der Waals surface area contributed by atoms with E-state index >= 15 is 0 Å². The van der Waals surface area contributed by atoms with Crippen LogP contribution in [0.2, 0.25) is 5.02 Å². The van der Waals surface area contributed by atoms with Crippen LogP contribution in [-0.2, 0) is 19.6 Å². The number of rotatable bonds is 11. The van der Waals surface area contributed by atoms with Crippen molar-refractivity contribution in [1.29, 1.82) is 0 Å². The van der Waals surface area contributed by atoms with Crippen molar-refractivity contribution < 1.29 is 22.7 Å². The summed E-state index contributed by atoms with van der Waals surface area (Å²) in [5.74, 6) is -0.00215. The summed E-state index contributed by atoms with van der Waals surface area (Å²) in [7, 11) is -3.88. The van der Waals surface area contributed by atoms with Gasteiger partial charge in [0, 0.05) is 13.2 Å². The molecular formula is C17H27ClN2O5S. The molecule has 1 rings (SSSR count). The van der Waals surface area contributed by atoms with Gasteiger partial charge in [-0.25, -0.2) is 8.42 Å². The summed E-state index contributed by atoms with van der Waals surface area (Å²) in [6.07, 6.45) is 0.787. The number of ether oxygens (including phenoxy) is 2. The maximum atomic E-state index is 12.4. The average Bonchev–Trinajstić information content (AvgIpc) is 2.55. The number of halogens is 1. The van der Waals surface area contributed by atoms with Gasteiger partial charge in [-0.05, 0) is 52.3 Å². The van der Waals surface area contributed by atoms with Gasteiger partial charge in [-0.3, -0.25) is 4.79 Å². The summed E-state index contributed by atoms with van der Waals surface area (Å²) in [5, 5.41) is 2.87. The summed E-state index contributed by atoms with van der Waals surface area (Å²) < 4.78 is 37.8. The molecule has 0 spiro atoms. The molecule has 0 radical (unpaired) electrons. The lowest BCUT2D eigenvalue weighted by Crippen LogP contribution is -2.45. The highest BCUT2D eigenvalue weighted by molar-refractivity contribution is 7.89. The summed E-state index contributed by atoms with van der Waals surface area (Å²) in [6.45, 7) is 8.51. The topological polar surface area (TPSA) is 93.7 Å². The number of carbonyl (C=O) groups is 1. The van der Waals surface area contributed by atoms with Crippen LogP contribution in [0.4, 0.5) is 0 Å².